The molecule has 0 bridgehead atoms. The number of aromatic hydroxyl groups is 1. The summed E-state index contributed by atoms with van der Waals surface area (Å²) in [5.41, 5.74) is 1.69. The van der Waals surface area contributed by atoms with Gasteiger partial charge in [-0.05, 0) is 46.7 Å². The Morgan fingerprint density at radius 3 is 2.58 bits per heavy atom. The molecular formula is C20H15NO3. The van der Waals surface area contributed by atoms with Gasteiger partial charge in [-0.1, -0.05) is 36.4 Å². The Hall–Kier alpha value is -3.27. The van der Waals surface area contributed by atoms with Crippen LogP contribution in [-0.2, 0) is 6.54 Å². The highest BCUT2D eigenvalue weighted by Crippen LogP contribution is 2.21. The Morgan fingerprint density at radius 1 is 0.917 bits per heavy atom. The minimum atomic E-state index is -0.239. The maximum atomic E-state index is 12.3. The van der Waals surface area contributed by atoms with Crippen LogP contribution in [0.4, 0.5) is 0 Å². The van der Waals surface area contributed by atoms with E-state index in [1.807, 2.05) is 48.5 Å². The van der Waals surface area contributed by atoms with Crippen molar-refractivity contribution in [2.24, 2.45) is 0 Å². The summed E-state index contributed by atoms with van der Waals surface area (Å²) in [5.74, 6) is 0.312. The number of hydrogen-bond donors (Lipinski definition) is 2. The van der Waals surface area contributed by atoms with E-state index < -0.39 is 0 Å². The molecule has 0 saturated carbocycles. The molecule has 0 fully saturated rings. The van der Waals surface area contributed by atoms with E-state index in [0.29, 0.717) is 17.9 Å². The molecule has 4 nitrogen and oxygen atoms in total. The van der Waals surface area contributed by atoms with Crippen LogP contribution in [0.15, 0.2) is 71.1 Å². The fourth-order valence-corrected chi connectivity index (χ4v) is 2.76. The van der Waals surface area contributed by atoms with Crippen LogP contribution < -0.4 is 5.32 Å². The quantitative estimate of drug-likeness (QED) is 0.594. The van der Waals surface area contributed by atoms with E-state index in [2.05, 4.69) is 5.32 Å². The van der Waals surface area contributed by atoms with Gasteiger partial charge < -0.3 is 14.8 Å². The molecule has 24 heavy (non-hydrogen) atoms. The van der Waals surface area contributed by atoms with Gasteiger partial charge in [0.15, 0.2) is 5.76 Å². The van der Waals surface area contributed by atoms with Gasteiger partial charge >= 0.3 is 0 Å². The molecule has 3 aromatic carbocycles. The Labute approximate surface area is 138 Å². The van der Waals surface area contributed by atoms with Gasteiger partial charge in [0.05, 0.1) is 0 Å². The number of furan rings is 1. The fourth-order valence-electron chi connectivity index (χ4n) is 2.76. The van der Waals surface area contributed by atoms with Crippen molar-refractivity contribution >= 4 is 27.6 Å². The standard InChI is InChI=1S/C20H15NO3/c22-17-8-7-14-9-13(5-6-15(14)10-17)12-21-20(23)19-11-16-3-1-2-4-18(16)24-19/h1-11,22H,12H2,(H,21,23). The number of fused-ring (bicyclic) bond motifs is 2. The second-order valence-corrected chi connectivity index (χ2v) is 5.70. The Balaban J connectivity index is 1.51. The molecule has 0 spiro atoms. The molecule has 0 aliphatic heterocycles. The van der Waals surface area contributed by atoms with E-state index in [9.17, 15) is 9.90 Å². The van der Waals surface area contributed by atoms with E-state index >= 15 is 0 Å². The van der Waals surface area contributed by atoms with Crippen molar-refractivity contribution in [2.45, 2.75) is 6.54 Å². The molecule has 1 heterocycles. The number of amides is 1. The van der Waals surface area contributed by atoms with E-state index in [1.54, 1.807) is 18.2 Å². The lowest BCUT2D eigenvalue weighted by molar-refractivity contribution is 0.0925. The van der Waals surface area contributed by atoms with Crippen molar-refractivity contribution in [3.05, 3.63) is 78.1 Å². The number of phenols is 1. The third kappa shape index (κ3) is 2.70. The van der Waals surface area contributed by atoms with Crippen LogP contribution in [0, 0.1) is 0 Å². The largest absolute Gasteiger partial charge is 0.508 e. The van der Waals surface area contributed by atoms with Crippen LogP contribution in [0.1, 0.15) is 16.1 Å². The normalized spacial score (nSPS) is 11.0. The monoisotopic (exact) mass is 317 g/mol. The summed E-state index contributed by atoms with van der Waals surface area (Å²) >= 11 is 0. The molecule has 0 aliphatic carbocycles. The Bertz CT molecular complexity index is 1020. The van der Waals surface area contributed by atoms with Crippen LogP contribution in [0.2, 0.25) is 0 Å². The summed E-state index contributed by atoms with van der Waals surface area (Å²) in [7, 11) is 0. The first-order chi connectivity index (χ1) is 11.7. The smallest absolute Gasteiger partial charge is 0.287 e. The molecule has 0 atom stereocenters. The van der Waals surface area contributed by atoms with Crippen molar-refractivity contribution in [3.8, 4) is 5.75 Å². The first-order valence-corrected chi connectivity index (χ1v) is 7.67. The topological polar surface area (TPSA) is 62.5 Å². The van der Waals surface area contributed by atoms with Crippen LogP contribution in [0.5, 0.6) is 5.75 Å². The van der Waals surface area contributed by atoms with Gasteiger partial charge in [0, 0.05) is 11.9 Å². The highest BCUT2D eigenvalue weighted by atomic mass is 16.3. The molecule has 118 valence electrons. The summed E-state index contributed by atoms with van der Waals surface area (Å²) in [6.45, 7) is 0.409. The summed E-state index contributed by atoms with van der Waals surface area (Å²) < 4.78 is 5.56. The molecule has 0 saturated heterocycles. The average Bonchev–Trinajstić information content (AvgIpc) is 3.04. The highest BCUT2D eigenvalue weighted by molar-refractivity contribution is 5.96. The second-order valence-electron chi connectivity index (χ2n) is 5.70. The van der Waals surface area contributed by atoms with E-state index in [0.717, 1.165) is 21.7 Å². The molecule has 2 N–H and O–H groups in total. The van der Waals surface area contributed by atoms with Crippen LogP contribution in [0.25, 0.3) is 21.7 Å². The molecule has 1 amide bonds. The van der Waals surface area contributed by atoms with Gasteiger partial charge in [0.1, 0.15) is 11.3 Å². The van der Waals surface area contributed by atoms with Crippen LogP contribution in [0.3, 0.4) is 0 Å². The van der Waals surface area contributed by atoms with E-state index in [4.69, 9.17) is 4.42 Å². The van der Waals surface area contributed by atoms with Gasteiger partial charge in [-0.15, -0.1) is 0 Å². The maximum Gasteiger partial charge on any atom is 0.287 e. The predicted molar refractivity (Wildman–Crippen MR) is 93.0 cm³/mol. The Morgan fingerprint density at radius 2 is 1.71 bits per heavy atom. The number of carbonyl (C=O) groups excluding carboxylic acids is 1. The van der Waals surface area contributed by atoms with Gasteiger partial charge in [-0.2, -0.15) is 0 Å². The lowest BCUT2D eigenvalue weighted by Gasteiger charge is -2.05. The number of nitrogens with one attached hydrogen (secondary N) is 1. The molecule has 0 aliphatic rings. The van der Waals surface area contributed by atoms with Gasteiger partial charge in [0.2, 0.25) is 0 Å². The van der Waals surface area contributed by atoms with Crippen molar-refractivity contribution in [3.63, 3.8) is 0 Å². The number of rotatable bonds is 3. The minimum absolute atomic E-state index is 0.239. The molecule has 4 heteroatoms. The molecule has 0 unspecified atom stereocenters. The molecule has 0 radical (unpaired) electrons. The SMILES string of the molecule is O=C(NCc1ccc2cc(O)ccc2c1)c1cc2ccccc2o1. The van der Waals surface area contributed by atoms with Crippen LogP contribution in [-0.4, -0.2) is 11.0 Å². The summed E-state index contributed by atoms with van der Waals surface area (Å²) in [4.78, 5) is 12.3. The number of hydrogen-bond acceptors (Lipinski definition) is 3. The number of phenolic OH excluding ortho intramolecular Hbond substituents is 1. The average molecular weight is 317 g/mol. The Kier molecular flexibility index (Phi) is 3.43. The zero-order chi connectivity index (χ0) is 16.5. The van der Waals surface area contributed by atoms with Gasteiger partial charge in [-0.25, -0.2) is 0 Å². The van der Waals surface area contributed by atoms with Crippen molar-refractivity contribution in [1.82, 2.24) is 5.32 Å². The zero-order valence-corrected chi connectivity index (χ0v) is 12.8. The number of para-hydroxylation sites is 1. The van der Waals surface area contributed by atoms with E-state index in [1.165, 1.54) is 0 Å². The summed E-state index contributed by atoms with van der Waals surface area (Å²) in [5, 5.41) is 15.3. The lowest BCUT2D eigenvalue weighted by atomic mass is 10.1. The molecular weight excluding hydrogens is 302 g/mol. The molecule has 4 rings (SSSR count). The van der Waals surface area contributed by atoms with Crippen LogP contribution >= 0.6 is 0 Å². The summed E-state index contributed by atoms with van der Waals surface area (Å²) in [6, 6.07) is 20.4. The van der Waals surface area contributed by atoms with Gasteiger partial charge in [0.25, 0.3) is 5.91 Å². The third-order valence-electron chi connectivity index (χ3n) is 3.99. The second kappa shape index (κ2) is 5.74. The first-order valence-electron chi connectivity index (χ1n) is 7.67. The maximum absolute atomic E-state index is 12.3. The molecule has 4 aromatic rings. The number of benzene rings is 3. The van der Waals surface area contributed by atoms with Crippen molar-refractivity contribution < 1.29 is 14.3 Å². The number of carbonyl (C=O) groups is 1. The minimum Gasteiger partial charge on any atom is -0.508 e. The fraction of sp³-hybridized carbons (Fsp3) is 0.0500. The van der Waals surface area contributed by atoms with Crippen molar-refractivity contribution in [2.75, 3.05) is 0 Å². The zero-order valence-electron chi connectivity index (χ0n) is 12.8. The highest BCUT2D eigenvalue weighted by Gasteiger charge is 2.11. The van der Waals surface area contributed by atoms with Gasteiger partial charge in [-0.3, -0.25) is 4.79 Å². The first kappa shape index (κ1) is 14.3. The summed E-state index contributed by atoms with van der Waals surface area (Å²) in [6.07, 6.45) is 0. The van der Waals surface area contributed by atoms with E-state index in [-0.39, 0.29) is 11.7 Å². The molecule has 1 aromatic heterocycles. The lowest BCUT2D eigenvalue weighted by Crippen LogP contribution is -2.22. The third-order valence-corrected chi connectivity index (χ3v) is 3.99. The predicted octanol–water partition coefficient (Wildman–Crippen LogP) is 4.22. The van der Waals surface area contributed by atoms with Crippen molar-refractivity contribution in [1.29, 1.82) is 0 Å².